The monoisotopic (exact) mass is 195 g/mol. The Hall–Kier alpha value is -1.25. The van der Waals surface area contributed by atoms with Crippen LogP contribution in [0.4, 0.5) is 4.39 Å². The first-order chi connectivity index (χ1) is 6.41. The number of ketones is 1. The molecular weight excluding hydrogens is 181 g/mol. The van der Waals surface area contributed by atoms with Crippen LogP contribution in [0.3, 0.4) is 0 Å². The summed E-state index contributed by atoms with van der Waals surface area (Å²) in [5.74, 6) is -0.416. The molecule has 0 unspecified atom stereocenters. The molecule has 3 heteroatoms. The average molecular weight is 195 g/mol. The molecule has 0 fully saturated rings. The van der Waals surface area contributed by atoms with Crippen molar-refractivity contribution < 1.29 is 9.18 Å². The Bertz CT molecular complexity index is 341. The van der Waals surface area contributed by atoms with E-state index in [1.807, 2.05) is 20.8 Å². The fourth-order valence-electron chi connectivity index (χ4n) is 0.966. The summed E-state index contributed by atoms with van der Waals surface area (Å²) >= 11 is 0. The van der Waals surface area contributed by atoms with E-state index in [1.165, 1.54) is 18.3 Å². The lowest BCUT2D eigenvalue weighted by Gasteiger charge is -2.15. The van der Waals surface area contributed by atoms with Gasteiger partial charge in [0.2, 0.25) is 0 Å². The number of halogens is 1. The lowest BCUT2D eigenvalue weighted by atomic mass is 9.88. The highest BCUT2D eigenvalue weighted by Gasteiger charge is 2.22. The Kier molecular flexibility index (Phi) is 2.99. The van der Waals surface area contributed by atoms with E-state index in [9.17, 15) is 9.18 Å². The zero-order valence-electron chi connectivity index (χ0n) is 8.67. The summed E-state index contributed by atoms with van der Waals surface area (Å²) in [5, 5.41) is 0. The second-order valence-corrected chi connectivity index (χ2v) is 4.28. The number of aromatic nitrogens is 1. The normalized spacial score (nSPS) is 11.4. The van der Waals surface area contributed by atoms with Gasteiger partial charge in [-0.1, -0.05) is 20.8 Å². The van der Waals surface area contributed by atoms with E-state index in [0.717, 1.165) is 0 Å². The van der Waals surface area contributed by atoms with E-state index >= 15 is 0 Å². The van der Waals surface area contributed by atoms with Gasteiger partial charge in [0, 0.05) is 11.6 Å². The number of nitrogens with zero attached hydrogens (tertiary/aromatic N) is 1. The first kappa shape index (κ1) is 10.8. The van der Waals surface area contributed by atoms with Gasteiger partial charge in [-0.3, -0.25) is 9.78 Å². The van der Waals surface area contributed by atoms with Crippen molar-refractivity contribution in [3.05, 3.63) is 29.8 Å². The topological polar surface area (TPSA) is 30.0 Å². The van der Waals surface area contributed by atoms with Crippen molar-refractivity contribution in [3.8, 4) is 0 Å². The van der Waals surface area contributed by atoms with Crippen LogP contribution in [0.1, 0.15) is 26.5 Å². The summed E-state index contributed by atoms with van der Waals surface area (Å²) < 4.78 is 13.1. The molecule has 0 aliphatic carbocycles. The molecular formula is C11H14FNO. The Morgan fingerprint density at radius 2 is 2.14 bits per heavy atom. The van der Waals surface area contributed by atoms with Gasteiger partial charge in [0.05, 0.1) is 12.1 Å². The van der Waals surface area contributed by atoms with Gasteiger partial charge in [-0.05, 0) is 12.1 Å². The molecule has 0 atom stereocenters. The molecule has 14 heavy (non-hydrogen) atoms. The highest BCUT2D eigenvalue weighted by atomic mass is 19.1. The van der Waals surface area contributed by atoms with E-state index in [2.05, 4.69) is 4.98 Å². The summed E-state index contributed by atoms with van der Waals surface area (Å²) in [6.07, 6.45) is 1.56. The summed E-state index contributed by atoms with van der Waals surface area (Å²) in [4.78, 5) is 15.4. The summed E-state index contributed by atoms with van der Waals surface area (Å²) in [7, 11) is 0. The fourth-order valence-corrected chi connectivity index (χ4v) is 0.966. The molecule has 0 radical (unpaired) electrons. The third kappa shape index (κ3) is 2.62. The Balaban J connectivity index is 2.80. The molecule has 1 heterocycles. The summed E-state index contributed by atoms with van der Waals surface area (Å²) in [6.45, 7) is 5.45. The first-order valence-corrected chi connectivity index (χ1v) is 4.54. The molecule has 0 saturated carbocycles. The van der Waals surface area contributed by atoms with Gasteiger partial charge >= 0.3 is 0 Å². The van der Waals surface area contributed by atoms with Crippen LogP contribution in [-0.2, 0) is 11.2 Å². The molecule has 0 aliphatic rings. The van der Waals surface area contributed by atoms with E-state index < -0.39 is 11.2 Å². The van der Waals surface area contributed by atoms with Crippen LogP contribution in [0.5, 0.6) is 0 Å². The predicted octanol–water partition coefficient (Wildman–Crippen LogP) is 2.38. The largest absolute Gasteiger partial charge is 0.299 e. The van der Waals surface area contributed by atoms with Crippen molar-refractivity contribution in [2.45, 2.75) is 27.2 Å². The molecule has 0 aromatic carbocycles. The molecule has 2 nitrogen and oxygen atoms in total. The SMILES string of the molecule is CC(C)(C)C(=O)Cc1ncccc1F. The maximum Gasteiger partial charge on any atom is 0.145 e. The molecule has 0 N–H and O–H groups in total. The van der Waals surface area contributed by atoms with Gasteiger partial charge in [-0.25, -0.2) is 4.39 Å². The second-order valence-electron chi connectivity index (χ2n) is 4.28. The van der Waals surface area contributed by atoms with Gasteiger partial charge in [0.15, 0.2) is 0 Å². The van der Waals surface area contributed by atoms with Crippen molar-refractivity contribution in [3.63, 3.8) is 0 Å². The van der Waals surface area contributed by atoms with Crippen LogP contribution in [0, 0.1) is 11.2 Å². The molecule has 0 amide bonds. The van der Waals surface area contributed by atoms with Gasteiger partial charge in [-0.2, -0.15) is 0 Å². The smallest absolute Gasteiger partial charge is 0.145 e. The van der Waals surface area contributed by atoms with E-state index in [1.54, 1.807) is 0 Å². The minimum Gasteiger partial charge on any atom is -0.299 e. The molecule has 1 aromatic heterocycles. The summed E-state index contributed by atoms with van der Waals surface area (Å²) in [6, 6.07) is 2.83. The van der Waals surface area contributed by atoms with Crippen LogP contribution < -0.4 is 0 Å². The number of carbonyl (C=O) groups excluding carboxylic acids is 1. The molecule has 0 bridgehead atoms. The molecule has 1 aromatic rings. The number of rotatable bonds is 2. The Morgan fingerprint density at radius 3 is 2.64 bits per heavy atom. The van der Waals surface area contributed by atoms with Crippen LogP contribution in [0.15, 0.2) is 18.3 Å². The number of hydrogen-bond donors (Lipinski definition) is 0. The van der Waals surface area contributed by atoms with Crippen molar-refractivity contribution in [2.24, 2.45) is 5.41 Å². The number of pyridine rings is 1. The van der Waals surface area contributed by atoms with Crippen molar-refractivity contribution in [1.29, 1.82) is 0 Å². The molecule has 0 spiro atoms. The highest BCUT2D eigenvalue weighted by Crippen LogP contribution is 2.17. The van der Waals surface area contributed by atoms with Crippen molar-refractivity contribution in [2.75, 3.05) is 0 Å². The average Bonchev–Trinajstić information content (AvgIpc) is 2.07. The zero-order valence-corrected chi connectivity index (χ0v) is 8.67. The third-order valence-electron chi connectivity index (χ3n) is 2.00. The van der Waals surface area contributed by atoms with Gasteiger partial charge < -0.3 is 0 Å². The van der Waals surface area contributed by atoms with E-state index in [-0.39, 0.29) is 17.9 Å². The number of hydrogen-bond acceptors (Lipinski definition) is 2. The van der Waals surface area contributed by atoms with Gasteiger partial charge in [0.25, 0.3) is 0 Å². The van der Waals surface area contributed by atoms with Crippen molar-refractivity contribution >= 4 is 5.78 Å². The lowest BCUT2D eigenvalue weighted by molar-refractivity contribution is -0.125. The summed E-state index contributed by atoms with van der Waals surface area (Å²) in [5.41, 5.74) is -0.211. The van der Waals surface area contributed by atoms with Gasteiger partial charge in [0.1, 0.15) is 11.6 Å². The lowest BCUT2D eigenvalue weighted by Crippen LogP contribution is -2.23. The number of Topliss-reactive ketones (excluding diaryl/α,β-unsaturated/α-hetero) is 1. The highest BCUT2D eigenvalue weighted by molar-refractivity contribution is 5.85. The minimum absolute atomic E-state index is 0.00454. The van der Waals surface area contributed by atoms with Crippen molar-refractivity contribution in [1.82, 2.24) is 4.98 Å². The standard InChI is InChI=1S/C11H14FNO/c1-11(2,3)10(14)7-9-8(12)5-4-6-13-9/h4-6H,7H2,1-3H3. The maximum absolute atomic E-state index is 13.1. The molecule has 76 valence electrons. The Morgan fingerprint density at radius 1 is 1.50 bits per heavy atom. The maximum atomic E-state index is 13.1. The van der Waals surface area contributed by atoms with Crippen LogP contribution in [-0.4, -0.2) is 10.8 Å². The van der Waals surface area contributed by atoms with E-state index in [4.69, 9.17) is 0 Å². The molecule has 0 aliphatic heterocycles. The molecule has 0 saturated heterocycles. The second kappa shape index (κ2) is 3.86. The zero-order chi connectivity index (χ0) is 10.8. The van der Waals surface area contributed by atoms with Crippen LogP contribution >= 0.6 is 0 Å². The van der Waals surface area contributed by atoms with Gasteiger partial charge in [-0.15, -0.1) is 0 Å². The fraction of sp³-hybridized carbons (Fsp3) is 0.455. The number of carbonyl (C=O) groups is 1. The first-order valence-electron chi connectivity index (χ1n) is 4.54. The predicted molar refractivity (Wildman–Crippen MR) is 52.4 cm³/mol. The van der Waals surface area contributed by atoms with Crippen LogP contribution in [0.2, 0.25) is 0 Å². The third-order valence-corrected chi connectivity index (χ3v) is 2.00. The quantitative estimate of drug-likeness (QED) is 0.725. The van der Waals surface area contributed by atoms with Crippen LogP contribution in [0.25, 0.3) is 0 Å². The minimum atomic E-state index is -0.441. The van der Waals surface area contributed by atoms with E-state index in [0.29, 0.717) is 0 Å². The Labute approximate surface area is 83.2 Å². The molecule has 1 rings (SSSR count).